The minimum Gasteiger partial charge on any atom is -0.273 e. The number of aryl methyl sites for hydroxylation is 1. The van der Waals surface area contributed by atoms with Crippen LogP contribution >= 0.6 is 0 Å². The Bertz CT molecular complexity index is 660. The first-order chi connectivity index (χ1) is 13.2. The number of amides is 1. The van der Waals surface area contributed by atoms with E-state index in [4.69, 9.17) is 0 Å². The van der Waals surface area contributed by atoms with Gasteiger partial charge < -0.3 is 0 Å². The molecular weight excluding hydrogens is 334 g/mol. The van der Waals surface area contributed by atoms with Crippen molar-refractivity contribution in [2.75, 3.05) is 5.01 Å². The van der Waals surface area contributed by atoms with E-state index in [1.807, 2.05) is 24.4 Å². The van der Waals surface area contributed by atoms with Crippen molar-refractivity contribution in [3.05, 3.63) is 41.6 Å². The average Bonchev–Trinajstić information content (AvgIpc) is 2.69. The van der Waals surface area contributed by atoms with Crippen LogP contribution in [0.1, 0.15) is 88.7 Å². The molecule has 1 aromatic carbocycles. The molecule has 1 aliphatic heterocycles. The van der Waals surface area contributed by atoms with Crippen LogP contribution in [0.4, 0.5) is 5.69 Å². The lowest BCUT2D eigenvalue weighted by atomic mass is 10.0. The van der Waals surface area contributed by atoms with Crippen molar-refractivity contribution in [3.63, 3.8) is 0 Å². The van der Waals surface area contributed by atoms with Crippen LogP contribution in [0.25, 0.3) is 0 Å². The zero-order chi connectivity index (χ0) is 19.3. The average molecular weight is 368 g/mol. The fourth-order valence-corrected chi connectivity index (χ4v) is 3.47. The number of hydrogen-bond donors (Lipinski definition) is 1. The highest BCUT2D eigenvalue weighted by molar-refractivity contribution is 5.81. The van der Waals surface area contributed by atoms with Gasteiger partial charge in [-0.25, -0.2) is 0 Å². The van der Waals surface area contributed by atoms with Gasteiger partial charge in [-0.2, -0.15) is 5.26 Å². The van der Waals surface area contributed by atoms with Gasteiger partial charge in [0.15, 0.2) is 0 Å². The van der Waals surface area contributed by atoms with E-state index in [1.54, 1.807) is 5.01 Å². The molecule has 0 unspecified atom stereocenters. The first kappa shape index (κ1) is 21.0. The van der Waals surface area contributed by atoms with Crippen LogP contribution < -0.4 is 10.4 Å². The Morgan fingerprint density at radius 1 is 1.00 bits per heavy atom. The fourth-order valence-electron chi connectivity index (χ4n) is 3.47. The fraction of sp³-hybridized carbons (Fsp3) is 0.565. The lowest BCUT2D eigenvalue weighted by Gasteiger charge is -2.24. The third-order valence-electron chi connectivity index (χ3n) is 5.01. The molecule has 1 heterocycles. The summed E-state index contributed by atoms with van der Waals surface area (Å²) in [6.45, 7) is 2.26. The van der Waals surface area contributed by atoms with E-state index in [0.717, 1.165) is 24.1 Å². The van der Waals surface area contributed by atoms with Gasteiger partial charge in [0.2, 0.25) is 5.91 Å². The van der Waals surface area contributed by atoms with Crippen molar-refractivity contribution >= 4 is 11.6 Å². The number of nitrogens with one attached hydrogen (secondary N) is 1. The predicted octanol–water partition coefficient (Wildman–Crippen LogP) is 5.78. The summed E-state index contributed by atoms with van der Waals surface area (Å²) < 4.78 is 0. The van der Waals surface area contributed by atoms with Gasteiger partial charge in [0, 0.05) is 12.6 Å². The number of rotatable bonds is 12. The summed E-state index contributed by atoms with van der Waals surface area (Å²) in [5, 5.41) is 11.0. The van der Waals surface area contributed by atoms with Crippen molar-refractivity contribution in [2.45, 2.75) is 84.0 Å². The molecule has 0 atom stereocenters. The second-order valence-electron chi connectivity index (χ2n) is 7.43. The van der Waals surface area contributed by atoms with Crippen molar-refractivity contribution in [1.29, 1.82) is 5.26 Å². The molecule has 1 N–H and O–H groups in total. The van der Waals surface area contributed by atoms with E-state index in [1.165, 1.54) is 57.8 Å². The van der Waals surface area contributed by atoms with Crippen LogP contribution in [-0.4, -0.2) is 5.91 Å². The van der Waals surface area contributed by atoms with E-state index in [9.17, 15) is 10.1 Å². The summed E-state index contributed by atoms with van der Waals surface area (Å²) >= 11 is 0. The minimum absolute atomic E-state index is 0.0314. The summed E-state index contributed by atoms with van der Waals surface area (Å²) in [5.41, 5.74) is 5.47. The zero-order valence-electron chi connectivity index (χ0n) is 16.7. The predicted molar refractivity (Wildman–Crippen MR) is 111 cm³/mol. The van der Waals surface area contributed by atoms with Crippen LogP contribution in [0.15, 0.2) is 30.5 Å². The smallest absolute Gasteiger partial charge is 0.242 e. The van der Waals surface area contributed by atoms with Crippen LogP contribution in [0.5, 0.6) is 0 Å². The molecule has 0 radical (unpaired) electrons. The second kappa shape index (κ2) is 12.2. The molecule has 0 bridgehead atoms. The van der Waals surface area contributed by atoms with Crippen LogP contribution in [0.3, 0.4) is 0 Å². The van der Waals surface area contributed by atoms with Gasteiger partial charge in [0.25, 0.3) is 0 Å². The number of benzene rings is 1. The first-order valence-corrected chi connectivity index (χ1v) is 10.5. The maximum atomic E-state index is 11.6. The molecule has 1 aliphatic rings. The van der Waals surface area contributed by atoms with E-state index >= 15 is 0 Å². The lowest BCUT2D eigenvalue weighted by Crippen LogP contribution is -2.40. The molecule has 4 nitrogen and oxygen atoms in total. The van der Waals surface area contributed by atoms with Gasteiger partial charge in [-0.05, 0) is 36.6 Å². The largest absolute Gasteiger partial charge is 0.273 e. The maximum absolute atomic E-state index is 11.6. The Morgan fingerprint density at radius 3 is 2.30 bits per heavy atom. The first-order valence-electron chi connectivity index (χ1n) is 10.5. The van der Waals surface area contributed by atoms with E-state index < -0.39 is 0 Å². The molecule has 4 heteroatoms. The molecule has 146 valence electrons. The van der Waals surface area contributed by atoms with Gasteiger partial charge in [-0.3, -0.25) is 15.2 Å². The van der Waals surface area contributed by atoms with Crippen molar-refractivity contribution in [1.82, 2.24) is 5.43 Å². The molecule has 0 aliphatic carbocycles. The van der Waals surface area contributed by atoms with Gasteiger partial charge in [0.05, 0.1) is 17.3 Å². The highest BCUT2D eigenvalue weighted by Gasteiger charge is 2.13. The number of carbonyl (C=O) groups excluding carboxylic acids is 1. The molecule has 0 aromatic heterocycles. The summed E-state index contributed by atoms with van der Waals surface area (Å²) in [6, 6.07) is 8.09. The molecule has 27 heavy (non-hydrogen) atoms. The Balaban J connectivity index is 1.74. The Labute approximate surface area is 164 Å². The monoisotopic (exact) mass is 367 g/mol. The summed E-state index contributed by atoms with van der Waals surface area (Å²) in [4.78, 5) is 11.6. The summed E-state index contributed by atoms with van der Waals surface area (Å²) in [5.74, 6) is -0.0314. The highest BCUT2D eigenvalue weighted by Crippen LogP contribution is 2.21. The topological polar surface area (TPSA) is 56.1 Å². The molecule has 2 rings (SSSR count). The zero-order valence-corrected chi connectivity index (χ0v) is 16.7. The van der Waals surface area contributed by atoms with Crippen LogP contribution in [0, 0.1) is 11.3 Å². The normalized spacial score (nSPS) is 13.5. The third-order valence-corrected chi connectivity index (χ3v) is 5.01. The number of hydrogen-bond acceptors (Lipinski definition) is 3. The quantitative estimate of drug-likeness (QED) is 0.477. The second-order valence-corrected chi connectivity index (χ2v) is 7.43. The van der Waals surface area contributed by atoms with Gasteiger partial charge in [-0.15, -0.1) is 0 Å². The number of unbranched alkanes of at least 4 members (excludes halogenated alkanes) is 9. The number of carbonyl (C=O) groups is 1. The van der Waals surface area contributed by atoms with E-state index in [0.29, 0.717) is 12.0 Å². The standard InChI is InChI=1S/C23H33N3O/c1-2-3-4-5-6-7-8-9-10-11-13-20-16-21(19-24)18-22(17-20)26-15-12-14-23(27)25-26/h12,15-18H,2-11,13-14H2,1H3,(H,25,27). The van der Waals surface area contributed by atoms with Crippen molar-refractivity contribution in [2.24, 2.45) is 0 Å². The molecule has 1 aromatic rings. The number of hydrazine groups is 1. The maximum Gasteiger partial charge on any atom is 0.242 e. The Hall–Kier alpha value is -2.28. The highest BCUT2D eigenvalue weighted by atomic mass is 16.2. The molecular formula is C23H33N3O. The van der Waals surface area contributed by atoms with Gasteiger partial charge >= 0.3 is 0 Å². The number of nitriles is 1. The molecule has 0 fully saturated rings. The molecule has 0 saturated carbocycles. The summed E-state index contributed by atoms with van der Waals surface area (Å²) in [6.07, 6.45) is 18.3. The Kier molecular flexibility index (Phi) is 9.48. The number of anilines is 1. The lowest BCUT2D eigenvalue weighted by molar-refractivity contribution is -0.120. The van der Waals surface area contributed by atoms with E-state index in [-0.39, 0.29) is 5.91 Å². The van der Waals surface area contributed by atoms with E-state index in [2.05, 4.69) is 24.5 Å². The van der Waals surface area contributed by atoms with Crippen molar-refractivity contribution < 1.29 is 4.79 Å². The SMILES string of the molecule is CCCCCCCCCCCCc1cc(C#N)cc(N2C=CCC(=O)N2)c1. The van der Waals surface area contributed by atoms with Gasteiger partial charge in [-0.1, -0.05) is 70.8 Å². The van der Waals surface area contributed by atoms with Crippen LogP contribution in [0.2, 0.25) is 0 Å². The molecule has 0 saturated heterocycles. The third kappa shape index (κ3) is 7.86. The van der Waals surface area contributed by atoms with Crippen molar-refractivity contribution in [3.8, 4) is 6.07 Å². The van der Waals surface area contributed by atoms with Gasteiger partial charge in [0.1, 0.15) is 0 Å². The molecule has 1 amide bonds. The molecule has 0 spiro atoms. The number of nitrogens with zero attached hydrogens (tertiary/aromatic N) is 2. The summed E-state index contributed by atoms with van der Waals surface area (Å²) in [7, 11) is 0. The Morgan fingerprint density at radius 2 is 1.67 bits per heavy atom. The van der Waals surface area contributed by atoms with Crippen LogP contribution in [-0.2, 0) is 11.2 Å². The minimum atomic E-state index is -0.0314.